The minimum Gasteiger partial charge on any atom is -0.483 e. The molecule has 0 saturated carbocycles. The first-order chi connectivity index (χ1) is 14.0. The maximum Gasteiger partial charge on any atom is 0.416 e. The molecule has 10 heteroatoms. The van der Waals surface area contributed by atoms with Gasteiger partial charge in [-0.1, -0.05) is 12.1 Å². The van der Waals surface area contributed by atoms with Gasteiger partial charge < -0.3 is 14.8 Å². The summed E-state index contributed by atoms with van der Waals surface area (Å²) >= 11 is 0. The lowest BCUT2D eigenvalue weighted by Crippen LogP contribution is -2.25. The molecule has 0 heterocycles. The van der Waals surface area contributed by atoms with Crippen molar-refractivity contribution in [3.63, 3.8) is 0 Å². The van der Waals surface area contributed by atoms with Crippen LogP contribution >= 0.6 is 0 Å². The Morgan fingerprint density at radius 3 is 1.87 bits per heavy atom. The summed E-state index contributed by atoms with van der Waals surface area (Å²) in [7, 11) is 0. The molecule has 4 nitrogen and oxygen atoms in total. The SMILES string of the molecule is CC(=O)NCCOCC(Oc1ccc(C(F)(F)F)cc1)c1ccc(C(F)(F)F)cc1. The van der Waals surface area contributed by atoms with E-state index in [1.165, 1.54) is 19.1 Å². The van der Waals surface area contributed by atoms with E-state index < -0.39 is 29.6 Å². The van der Waals surface area contributed by atoms with Gasteiger partial charge in [-0.15, -0.1) is 0 Å². The van der Waals surface area contributed by atoms with E-state index in [0.29, 0.717) is 5.56 Å². The molecule has 0 bridgehead atoms. The third-order valence-electron chi connectivity index (χ3n) is 3.96. The molecule has 1 amide bonds. The predicted octanol–water partition coefficient (Wildman–Crippen LogP) is 5.00. The first kappa shape index (κ1) is 23.5. The maximum atomic E-state index is 12.8. The van der Waals surface area contributed by atoms with Crippen LogP contribution in [-0.2, 0) is 21.9 Å². The zero-order valence-corrected chi connectivity index (χ0v) is 15.8. The normalized spacial score (nSPS) is 13.0. The molecule has 30 heavy (non-hydrogen) atoms. The lowest BCUT2D eigenvalue weighted by molar-refractivity contribution is -0.138. The van der Waals surface area contributed by atoms with E-state index in [1.54, 1.807) is 0 Å². The number of nitrogens with one attached hydrogen (secondary N) is 1. The number of carbonyl (C=O) groups excluding carboxylic acids is 1. The van der Waals surface area contributed by atoms with Gasteiger partial charge in [0.1, 0.15) is 11.9 Å². The van der Waals surface area contributed by atoms with Crippen molar-refractivity contribution >= 4 is 5.91 Å². The third kappa shape index (κ3) is 7.25. The van der Waals surface area contributed by atoms with Gasteiger partial charge in [0.15, 0.2) is 0 Å². The number of halogens is 6. The van der Waals surface area contributed by atoms with Gasteiger partial charge in [0, 0.05) is 13.5 Å². The molecule has 1 atom stereocenters. The van der Waals surface area contributed by atoms with E-state index in [-0.39, 0.29) is 31.4 Å². The molecule has 0 radical (unpaired) electrons. The van der Waals surface area contributed by atoms with Crippen molar-refractivity contribution in [1.82, 2.24) is 5.32 Å². The van der Waals surface area contributed by atoms with E-state index in [0.717, 1.165) is 36.4 Å². The number of hydrogen-bond acceptors (Lipinski definition) is 3. The number of carbonyl (C=O) groups is 1. The number of alkyl halides is 6. The number of rotatable bonds is 8. The van der Waals surface area contributed by atoms with Crippen LogP contribution in [0.5, 0.6) is 5.75 Å². The Hall–Kier alpha value is -2.75. The van der Waals surface area contributed by atoms with Crippen molar-refractivity contribution in [3.05, 3.63) is 65.2 Å². The van der Waals surface area contributed by atoms with E-state index in [9.17, 15) is 31.1 Å². The molecule has 0 fully saturated rings. The average Bonchev–Trinajstić information content (AvgIpc) is 2.65. The van der Waals surface area contributed by atoms with Crippen LogP contribution in [0.25, 0.3) is 0 Å². The Labute approximate surface area is 168 Å². The highest BCUT2D eigenvalue weighted by Gasteiger charge is 2.31. The molecule has 0 aliphatic heterocycles. The Morgan fingerprint density at radius 1 is 0.900 bits per heavy atom. The Balaban J connectivity index is 2.13. The highest BCUT2D eigenvalue weighted by Crippen LogP contribution is 2.33. The molecular weight excluding hydrogens is 416 g/mol. The van der Waals surface area contributed by atoms with Crippen LogP contribution in [0.15, 0.2) is 48.5 Å². The number of amides is 1. The molecule has 2 aromatic carbocycles. The minimum absolute atomic E-state index is 0.0913. The fraction of sp³-hybridized carbons (Fsp3) is 0.350. The lowest BCUT2D eigenvalue weighted by Gasteiger charge is -2.21. The van der Waals surface area contributed by atoms with E-state index in [2.05, 4.69) is 5.32 Å². The van der Waals surface area contributed by atoms with Gasteiger partial charge in [0.05, 0.1) is 24.3 Å². The van der Waals surface area contributed by atoms with Crippen molar-refractivity contribution in [1.29, 1.82) is 0 Å². The van der Waals surface area contributed by atoms with Crippen LogP contribution in [0.2, 0.25) is 0 Å². The molecule has 1 unspecified atom stereocenters. The average molecular weight is 435 g/mol. The van der Waals surface area contributed by atoms with Crippen molar-refractivity contribution in [2.75, 3.05) is 19.8 Å². The zero-order valence-electron chi connectivity index (χ0n) is 15.8. The molecule has 0 aliphatic rings. The second kappa shape index (κ2) is 9.84. The van der Waals surface area contributed by atoms with Crippen LogP contribution in [0, 0.1) is 0 Å². The molecule has 164 valence electrons. The van der Waals surface area contributed by atoms with Crippen LogP contribution < -0.4 is 10.1 Å². The molecule has 0 aliphatic carbocycles. The Bertz CT molecular complexity index is 816. The van der Waals surface area contributed by atoms with Crippen LogP contribution in [0.1, 0.15) is 29.7 Å². The van der Waals surface area contributed by atoms with Gasteiger partial charge in [0.25, 0.3) is 0 Å². The number of hydrogen-bond donors (Lipinski definition) is 1. The monoisotopic (exact) mass is 435 g/mol. The van der Waals surface area contributed by atoms with Gasteiger partial charge in [-0.2, -0.15) is 26.3 Å². The third-order valence-corrected chi connectivity index (χ3v) is 3.96. The summed E-state index contributed by atoms with van der Waals surface area (Å²) < 4.78 is 87.5. The second-order valence-corrected chi connectivity index (χ2v) is 6.31. The zero-order chi connectivity index (χ0) is 22.4. The molecule has 0 aromatic heterocycles. The van der Waals surface area contributed by atoms with Crippen LogP contribution in [0.4, 0.5) is 26.3 Å². The summed E-state index contributed by atoms with van der Waals surface area (Å²) in [6.07, 6.45) is -9.88. The Kier molecular flexibility index (Phi) is 7.71. The van der Waals surface area contributed by atoms with Gasteiger partial charge in [-0.25, -0.2) is 0 Å². The summed E-state index contributed by atoms with van der Waals surface area (Å²) in [6, 6.07) is 8.14. The van der Waals surface area contributed by atoms with Crippen molar-refractivity contribution < 1.29 is 40.6 Å². The summed E-state index contributed by atoms with van der Waals surface area (Å²) in [5.74, 6) is -0.155. The van der Waals surface area contributed by atoms with Gasteiger partial charge in [-0.05, 0) is 42.0 Å². The second-order valence-electron chi connectivity index (χ2n) is 6.31. The van der Waals surface area contributed by atoms with Crippen molar-refractivity contribution in [2.24, 2.45) is 0 Å². The Morgan fingerprint density at radius 2 is 1.40 bits per heavy atom. The first-order valence-electron chi connectivity index (χ1n) is 8.80. The van der Waals surface area contributed by atoms with Crippen molar-refractivity contribution in [3.8, 4) is 5.75 Å². The summed E-state index contributed by atoms with van der Waals surface area (Å²) in [4.78, 5) is 10.9. The highest BCUT2D eigenvalue weighted by atomic mass is 19.4. The first-order valence-corrected chi connectivity index (χ1v) is 8.80. The molecule has 1 N–H and O–H groups in total. The summed E-state index contributed by atoms with van der Waals surface area (Å²) in [5, 5.41) is 2.52. The fourth-order valence-electron chi connectivity index (χ4n) is 2.46. The van der Waals surface area contributed by atoms with Crippen LogP contribution in [0.3, 0.4) is 0 Å². The molecule has 2 aromatic rings. The largest absolute Gasteiger partial charge is 0.483 e. The predicted molar refractivity (Wildman–Crippen MR) is 95.8 cm³/mol. The number of ether oxygens (including phenoxy) is 2. The van der Waals surface area contributed by atoms with Gasteiger partial charge in [-0.3, -0.25) is 4.79 Å². The van der Waals surface area contributed by atoms with Gasteiger partial charge in [0.2, 0.25) is 5.91 Å². The van der Waals surface area contributed by atoms with Crippen molar-refractivity contribution in [2.45, 2.75) is 25.4 Å². The standard InChI is InChI=1S/C20H19F6NO3/c1-13(28)27-10-11-29-12-18(14-2-4-15(5-3-14)19(21,22)23)30-17-8-6-16(7-9-17)20(24,25)26/h2-9,18H,10-12H2,1H3,(H,27,28). The summed E-state index contributed by atoms with van der Waals surface area (Å²) in [6.45, 7) is 1.58. The lowest BCUT2D eigenvalue weighted by atomic mass is 10.1. The molecule has 2 rings (SSSR count). The van der Waals surface area contributed by atoms with Crippen LogP contribution in [-0.4, -0.2) is 25.7 Å². The van der Waals surface area contributed by atoms with E-state index in [1.807, 2.05) is 0 Å². The van der Waals surface area contributed by atoms with E-state index >= 15 is 0 Å². The molecule has 0 saturated heterocycles. The molecular formula is C20H19F6NO3. The smallest absolute Gasteiger partial charge is 0.416 e. The maximum absolute atomic E-state index is 12.8. The van der Waals surface area contributed by atoms with Gasteiger partial charge >= 0.3 is 12.4 Å². The summed E-state index contributed by atoms with van der Waals surface area (Å²) in [5.41, 5.74) is -1.35. The highest BCUT2D eigenvalue weighted by molar-refractivity contribution is 5.72. The quantitative estimate of drug-likeness (QED) is 0.469. The molecule has 0 spiro atoms. The fourth-order valence-corrected chi connectivity index (χ4v) is 2.46. The topological polar surface area (TPSA) is 47.6 Å². The number of benzene rings is 2. The minimum atomic E-state index is -4.50. The van der Waals surface area contributed by atoms with E-state index in [4.69, 9.17) is 9.47 Å².